The van der Waals surface area contributed by atoms with Gasteiger partial charge in [-0.3, -0.25) is 4.79 Å². The van der Waals surface area contributed by atoms with Crippen molar-refractivity contribution in [2.24, 2.45) is 5.73 Å². The molecule has 26 heavy (non-hydrogen) atoms. The monoisotopic (exact) mass is 373 g/mol. The largest absolute Gasteiger partial charge is 0.378 e. The van der Waals surface area contributed by atoms with Crippen molar-refractivity contribution in [2.75, 3.05) is 26.2 Å². The number of nitrogens with zero attached hydrogens (tertiary/aromatic N) is 2. The second-order valence-electron chi connectivity index (χ2n) is 6.69. The Kier molecular flexibility index (Phi) is 6.77. The van der Waals surface area contributed by atoms with Crippen molar-refractivity contribution < 1.29 is 9.53 Å². The van der Waals surface area contributed by atoms with Crippen molar-refractivity contribution in [3.63, 3.8) is 0 Å². The summed E-state index contributed by atoms with van der Waals surface area (Å²) in [5, 5.41) is 0.997. The fourth-order valence-electron chi connectivity index (χ4n) is 3.20. The van der Waals surface area contributed by atoms with Gasteiger partial charge in [-0.25, -0.2) is 4.98 Å². The summed E-state index contributed by atoms with van der Waals surface area (Å²) >= 11 is 1.53. The molecule has 140 valence electrons. The van der Waals surface area contributed by atoms with Crippen LogP contribution < -0.4 is 5.73 Å². The molecular formula is C20H27N3O2S. The SMILES string of the molecule is Cc1nc(Cc2ccccc2)sc1C(=O)N1CCC(OCCCN)CC1. The lowest BCUT2D eigenvalue weighted by atomic mass is 10.1. The number of benzene rings is 1. The molecule has 1 aromatic heterocycles. The number of hydrogen-bond acceptors (Lipinski definition) is 5. The molecule has 0 saturated carbocycles. The molecule has 1 amide bonds. The number of piperidine rings is 1. The molecule has 5 nitrogen and oxygen atoms in total. The third-order valence-corrected chi connectivity index (χ3v) is 5.81. The molecule has 0 atom stereocenters. The van der Waals surface area contributed by atoms with Crippen LogP contribution in [0.15, 0.2) is 30.3 Å². The van der Waals surface area contributed by atoms with E-state index in [1.807, 2.05) is 30.0 Å². The quantitative estimate of drug-likeness (QED) is 0.758. The Morgan fingerprint density at radius 3 is 2.73 bits per heavy atom. The van der Waals surface area contributed by atoms with E-state index in [0.29, 0.717) is 13.2 Å². The summed E-state index contributed by atoms with van der Waals surface area (Å²) in [6.45, 7) is 4.80. The molecule has 2 N–H and O–H groups in total. The number of aromatic nitrogens is 1. The normalized spacial score (nSPS) is 15.4. The van der Waals surface area contributed by atoms with Crippen molar-refractivity contribution in [3.05, 3.63) is 51.5 Å². The van der Waals surface area contributed by atoms with Gasteiger partial charge in [-0.1, -0.05) is 30.3 Å². The summed E-state index contributed by atoms with van der Waals surface area (Å²) in [5.74, 6) is 0.111. The average molecular weight is 374 g/mol. The number of nitrogens with two attached hydrogens (primary N) is 1. The van der Waals surface area contributed by atoms with E-state index in [1.165, 1.54) is 16.9 Å². The first-order valence-electron chi connectivity index (χ1n) is 9.28. The number of likely N-dealkylation sites (tertiary alicyclic amines) is 1. The van der Waals surface area contributed by atoms with Gasteiger partial charge in [-0.2, -0.15) is 0 Å². The third-order valence-electron chi connectivity index (χ3n) is 4.66. The van der Waals surface area contributed by atoms with E-state index >= 15 is 0 Å². The number of ether oxygens (including phenoxy) is 1. The van der Waals surface area contributed by atoms with E-state index in [4.69, 9.17) is 10.5 Å². The van der Waals surface area contributed by atoms with Crippen LogP contribution in [0.2, 0.25) is 0 Å². The van der Waals surface area contributed by atoms with Crippen molar-refractivity contribution >= 4 is 17.2 Å². The van der Waals surface area contributed by atoms with Crippen molar-refractivity contribution in [1.82, 2.24) is 9.88 Å². The van der Waals surface area contributed by atoms with Gasteiger partial charge < -0.3 is 15.4 Å². The van der Waals surface area contributed by atoms with E-state index in [2.05, 4.69) is 17.1 Å². The summed E-state index contributed by atoms with van der Waals surface area (Å²) < 4.78 is 5.82. The molecule has 1 saturated heterocycles. The Hall–Kier alpha value is -1.76. The molecule has 0 spiro atoms. The van der Waals surface area contributed by atoms with Gasteiger partial charge in [0.1, 0.15) is 4.88 Å². The second kappa shape index (κ2) is 9.26. The molecule has 1 aromatic carbocycles. The maximum atomic E-state index is 12.9. The van der Waals surface area contributed by atoms with E-state index < -0.39 is 0 Å². The van der Waals surface area contributed by atoms with E-state index in [1.54, 1.807) is 0 Å². The molecule has 2 heterocycles. The molecule has 0 aliphatic carbocycles. The maximum absolute atomic E-state index is 12.9. The standard InChI is InChI=1S/C20H27N3O2S/c1-15-19(26-18(22-15)14-16-6-3-2-4-7-16)20(24)23-11-8-17(9-12-23)25-13-5-10-21/h2-4,6-7,17H,5,8-14,21H2,1H3. The van der Waals surface area contributed by atoms with Gasteiger partial charge >= 0.3 is 0 Å². The number of amides is 1. The first-order valence-corrected chi connectivity index (χ1v) is 10.1. The lowest BCUT2D eigenvalue weighted by Crippen LogP contribution is -2.41. The maximum Gasteiger partial charge on any atom is 0.265 e. The molecule has 1 aliphatic heterocycles. The van der Waals surface area contributed by atoms with Crippen molar-refractivity contribution in [1.29, 1.82) is 0 Å². The molecular weight excluding hydrogens is 346 g/mol. The third kappa shape index (κ3) is 4.90. The van der Waals surface area contributed by atoms with Crippen LogP contribution in [0.25, 0.3) is 0 Å². The number of thiazole rings is 1. The van der Waals surface area contributed by atoms with Gasteiger partial charge in [0, 0.05) is 26.1 Å². The molecule has 0 bridgehead atoms. The van der Waals surface area contributed by atoms with Gasteiger partial charge in [0.15, 0.2) is 0 Å². The minimum atomic E-state index is 0.111. The minimum absolute atomic E-state index is 0.111. The highest BCUT2D eigenvalue weighted by Gasteiger charge is 2.26. The zero-order valence-electron chi connectivity index (χ0n) is 15.3. The molecule has 3 rings (SSSR count). The zero-order chi connectivity index (χ0) is 18.4. The highest BCUT2D eigenvalue weighted by molar-refractivity contribution is 7.13. The van der Waals surface area contributed by atoms with Gasteiger partial charge in [0.2, 0.25) is 0 Å². The zero-order valence-corrected chi connectivity index (χ0v) is 16.1. The fraction of sp³-hybridized carbons (Fsp3) is 0.500. The fourth-order valence-corrected chi connectivity index (χ4v) is 4.27. The summed E-state index contributed by atoms with van der Waals surface area (Å²) in [7, 11) is 0. The van der Waals surface area contributed by atoms with Crippen LogP contribution in [0.4, 0.5) is 0 Å². The lowest BCUT2D eigenvalue weighted by molar-refractivity contribution is 0.00855. The molecule has 0 unspecified atom stereocenters. The molecule has 0 radical (unpaired) electrons. The Morgan fingerprint density at radius 2 is 2.04 bits per heavy atom. The molecule has 2 aromatic rings. The van der Waals surface area contributed by atoms with Gasteiger partial charge in [-0.15, -0.1) is 11.3 Å². The molecule has 1 aliphatic rings. The average Bonchev–Trinajstić information content (AvgIpc) is 3.03. The Morgan fingerprint density at radius 1 is 1.31 bits per heavy atom. The summed E-state index contributed by atoms with van der Waals surface area (Å²) in [6.07, 6.45) is 3.71. The summed E-state index contributed by atoms with van der Waals surface area (Å²) in [6, 6.07) is 10.2. The van der Waals surface area contributed by atoms with Crippen molar-refractivity contribution in [3.8, 4) is 0 Å². The van der Waals surface area contributed by atoms with Crippen LogP contribution in [-0.4, -0.2) is 48.1 Å². The lowest BCUT2D eigenvalue weighted by Gasteiger charge is -2.31. The van der Waals surface area contributed by atoms with Crippen LogP contribution in [0.3, 0.4) is 0 Å². The van der Waals surface area contributed by atoms with E-state index in [-0.39, 0.29) is 12.0 Å². The Labute approximate surface area is 159 Å². The number of carbonyl (C=O) groups is 1. The van der Waals surface area contributed by atoms with Gasteiger partial charge in [0.25, 0.3) is 5.91 Å². The van der Waals surface area contributed by atoms with Gasteiger partial charge in [0.05, 0.1) is 16.8 Å². The first-order chi connectivity index (χ1) is 12.7. The molecule has 1 fully saturated rings. The van der Waals surface area contributed by atoms with E-state index in [9.17, 15) is 4.79 Å². The number of rotatable bonds is 7. The topological polar surface area (TPSA) is 68.5 Å². The van der Waals surface area contributed by atoms with Crippen molar-refractivity contribution in [2.45, 2.75) is 38.7 Å². The van der Waals surface area contributed by atoms with Crippen LogP contribution >= 0.6 is 11.3 Å². The van der Waals surface area contributed by atoms with Crippen LogP contribution in [0, 0.1) is 6.92 Å². The summed E-state index contributed by atoms with van der Waals surface area (Å²) in [4.78, 5) is 20.2. The predicted octanol–water partition coefficient (Wildman–Crippen LogP) is 3.01. The smallest absolute Gasteiger partial charge is 0.265 e. The highest BCUT2D eigenvalue weighted by atomic mass is 32.1. The number of aryl methyl sites for hydroxylation is 1. The van der Waals surface area contributed by atoms with Crippen LogP contribution in [-0.2, 0) is 11.2 Å². The van der Waals surface area contributed by atoms with E-state index in [0.717, 1.165) is 54.4 Å². The minimum Gasteiger partial charge on any atom is -0.378 e. The Bertz CT molecular complexity index is 709. The molecule has 6 heteroatoms. The Balaban J connectivity index is 1.57. The van der Waals surface area contributed by atoms with Crippen LogP contribution in [0.1, 0.15) is 45.2 Å². The number of hydrogen-bond donors (Lipinski definition) is 1. The number of carbonyl (C=O) groups excluding carboxylic acids is 1. The highest BCUT2D eigenvalue weighted by Crippen LogP contribution is 2.24. The van der Waals surface area contributed by atoms with Crippen LogP contribution in [0.5, 0.6) is 0 Å². The van der Waals surface area contributed by atoms with Gasteiger partial charge in [-0.05, 0) is 38.3 Å². The predicted molar refractivity (Wildman–Crippen MR) is 105 cm³/mol. The summed E-state index contributed by atoms with van der Waals surface area (Å²) in [5.41, 5.74) is 7.56. The first kappa shape index (κ1) is 19.0. The second-order valence-corrected chi connectivity index (χ2v) is 7.77.